The summed E-state index contributed by atoms with van der Waals surface area (Å²) >= 11 is 0. The topological polar surface area (TPSA) is 40.6 Å². The van der Waals surface area contributed by atoms with Gasteiger partial charge in [-0.15, -0.1) is 0 Å². The molecule has 0 aromatic heterocycles. The molecule has 0 bridgehead atoms. The number of amides is 2. The Bertz CT molecular complexity index is 789. The van der Waals surface area contributed by atoms with Crippen molar-refractivity contribution >= 4 is 11.8 Å². The first-order valence-electron chi connectivity index (χ1n) is 8.91. The number of carbonyl (C=O) groups excluding carboxylic acids is 2. The molecule has 2 aromatic carbocycles. The van der Waals surface area contributed by atoms with Gasteiger partial charge in [0, 0.05) is 31.7 Å². The highest BCUT2D eigenvalue weighted by Gasteiger charge is 2.22. The van der Waals surface area contributed by atoms with E-state index in [4.69, 9.17) is 0 Å². The number of hydrogen-bond acceptors (Lipinski definition) is 2. The lowest BCUT2D eigenvalue weighted by molar-refractivity contribution is -0.130. The fraction of sp³-hybridized carbons (Fsp3) is 0.333. The van der Waals surface area contributed by atoms with Crippen molar-refractivity contribution < 1.29 is 14.0 Å². The first kappa shape index (κ1) is 18.1. The SMILES string of the molecule is Cc1cccc(CC(=O)N2CCCN(C(=O)c3ccc(F)cc3)CC2)c1. The van der Waals surface area contributed by atoms with Gasteiger partial charge in [0.05, 0.1) is 6.42 Å². The van der Waals surface area contributed by atoms with Gasteiger partial charge in [0.15, 0.2) is 0 Å². The summed E-state index contributed by atoms with van der Waals surface area (Å²) in [6.07, 6.45) is 1.13. The summed E-state index contributed by atoms with van der Waals surface area (Å²) in [5.74, 6) is -0.380. The van der Waals surface area contributed by atoms with Crippen molar-refractivity contribution in [2.24, 2.45) is 0 Å². The van der Waals surface area contributed by atoms with Crippen molar-refractivity contribution in [2.45, 2.75) is 19.8 Å². The molecule has 1 heterocycles. The summed E-state index contributed by atoms with van der Waals surface area (Å²) in [4.78, 5) is 28.7. The van der Waals surface area contributed by atoms with E-state index in [1.54, 1.807) is 4.90 Å². The van der Waals surface area contributed by atoms with Gasteiger partial charge in [0.2, 0.25) is 5.91 Å². The molecule has 0 spiro atoms. The highest BCUT2D eigenvalue weighted by Crippen LogP contribution is 2.12. The van der Waals surface area contributed by atoms with Gasteiger partial charge in [0.1, 0.15) is 5.82 Å². The molecule has 5 heteroatoms. The molecule has 0 radical (unpaired) electrons. The summed E-state index contributed by atoms with van der Waals surface area (Å²) in [7, 11) is 0. The van der Waals surface area contributed by atoms with E-state index in [2.05, 4.69) is 0 Å². The van der Waals surface area contributed by atoms with Crippen LogP contribution in [0.15, 0.2) is 48.5 Å². The van der Waals surface area contributed by atoms with Gasteiger partial charge in [-0.1, -0.05) is 29.8 Å². The van der Waals surface area contributed by atoms with Crippen LogP contribution in [0.3, 0.4) is 0 Å². The Kier molecular flexibility index (Phi) is 5.66. The molecule has 1 aliphatic heterocycles. The van der Waals surface area contributed by atoms with Crippen LogP contribution < -0.4 is 0 Å². The van der Waals surface area contributed by atoms with Gasteiger partial charge >= 0.3 is 0 Å². The molecule has 0 atom stereocenters. The Morgan fingerprint density at radius 1 is 0.962 bits per heavy atom. The number of benzene rings is 2. The van der Waals surface area contributed by atoms with E-state index < -0.39 is 0 Å². The molecule has 1 saturated heterocycles. The maximum atomic E-state index is 13.0. The van der Waals surface area contributed by atoms with Crippen molar-refractivity contribution in [1.82, 2.24) is 9.80 Å². The molecular formula is C21H23FN2O2. The van der Waals surface area contributed by atoms with Crippen LogP contribution in [0.5, 0.6) is 0 Å². The van der Waals surface area contributed by atoms with Crippen molar-refractivity contribution in [3.05, 3.63) is 71.0 Å². The van der Waals surface area contributed by atoms with Crippen LogP contribution in [0.25, 0.3) is 0 Å². The normalized spacial score (nSPS) is 14.8. The monoisotopic (exact) mass is 354 g/mol. The second kappa shape index (κ2) is 8.13. The van der Waals surface area contributed by atoms with E-state index in [0.717, 1.165) is 17.5 Å². The minimum atomic E-state index is -0.356. The summed E-state index contributed by atoms with van der Waals surface area (Å²) < 4.78 is 13.0. The summed E-state index contributed by atoms with van der Waals surface area (Å²) in [5, 5.41) is 0. The third-order valence-corrected chi connectivity index (χ3v) is 4.66. The molecule has 2 amide bonds. The maximum Gasteiger partial charge on any atom is 0.253 e. The Labute approximate surface area is 153 Å². The molecular weight excluding hydrogens is 331 g/mol. The van der Waals surface area contributed by atoms with E-state index in [1.165, 1.54) is 24.3 Å². The van der Waals surface area contributed by atoms with Crippen LogP contribution in [-0.4, -0.2) is 47.8 Å². The Morgan fingerprint density at radius 2 is 1.65 bits per heavy atom. The minimum absolute atomic E-state index is 0.0895. The zero-order chi connectivity index (χ0) is 18.5. The smallest absolute Gasteiger partial charge is 0.253 e. The number of carbonyl (C=O) groups is 2. The van der Waals surface area contributed by atoms with Crippen LogP contribution >= 0.6 is 0 Å². The van der Waals surface area contributed by atoms with E-state index in [9.17, 15) is 14.0 Å². The van der Waals surface area contributed by atoms with Crippen molar-refractivity contribution in [2.75, 3.05) is 26.2 Å². The molecule has 4 nitrogen and oxygen atoms in total. The highest BCUT2D eigenvalue weighted by molar-refractivity contribution is 5.94. The van der Waals surface area contributed by atoms with E-state index in [-0.39, 0.29) is 17.6 Å². The molecule has 0 N–H and O–H groups in total. The van der Waals surface area contributed by atoms with Crippen LogP contribution in [0, 0.1) is 12.7 Å². The Hall–Kier alpha value is -2.69. The predicted octanol–water partition coefficient (Wildman–Crippen LogP) is 3.05. The molecule has 136 valence electrons. The van der Waals surface area contributed by atoms with Gasteiger partial charge < -0.3 is 9.80 Å². The lowest BCUT2D eigenvalue weighted by Gasteiger charge is -2.22. The fourth-order valence-corrected chi connectivity index (χ4v) is 3.25. The average Bonchev–Trinajstić information content (AvgIpc) is 2.88. The van der Waals surface area contributed by atoms with E-state index >= 15 is 0 Å². The maximum absolute atomic E-state index is 13.0. The third kappa shape index (κ3) is 4.48. The average molecular weight is 354 g/mol. The Balaban J connectivity index is 1.59. The second-order valence-corrected chi connectivity index (χ2v) is 6.70. The van der Waals surface area contributed by atoms with Gasteiger partial charge in [0.25, 0.3) is 5.91 Å². The summed E-state index contributed by atoms with van der Waals surface area (Å²) in [6.45, 7) is 4.29. The van der Waals surface area contributed by atoms with Gasteiger partial charge in [-0.2, -0.15) is 0 Å². The van der Waals surface area contributed by atoms with Crippen LogP contribution in [-0.2, 0) is 11.2 Å². The Morgan fingerprint density at radius 3 is 2.38 bits per heavy atom. The molecule has 0 aliphatic carbocycles. The lowest BCUT2D eigenvalue weighted by atomic mass is 10.1. The quantitative estimate of drug-likeness (QED) is 0.850. The first-order chi connectivity index (χ1) is 12.5. The van der Waals surface area contributed by atoms with Crippen LogP contribution in [0.1, 0.15) is 27.9 Å². The number of rotatable bonds is 3. The van der Waals surface area contributed by atoms with Crippen molar-refractivity contribution in [1.29, 1.82) is 0 Å². The molecule has 1 fully saturated rings. The molecule has 1 aliphatic rings. The first-order valence-corrected chi connectivity index (χ1v) is 8.91. The van der Waals surface area contributed by atoms with Crippen LogP contribution in [0.4, 0.5) is 4.39 Å². The van der Waals surface area contributed by atoms with Crippen molar-refractivity contribution in [3.8, 4) is 0 Å². The molecule has 0 saturated carbocycles. The lowest BCUT2D eigenvalue weighted by Crippen LogP contribution is -2.38. The van der Waals surface area contributed by atoms with Gasteiger partial charge in [-0.25, -0.2) is 4.39 Å². The van der Waals surface area contributed by atoms with Crippen molar-refractivity contribution in [3.63, 3.8) is 0 Å². The second-order valence-electron chi connectivity index (χ2n) is 6.70. The zero-order valence-electron chi connectivity index (χ0n) is 15.0. The third-order valence-electron chi connectivity index (χ3n) is 4.66. The fourth-order valence-electron chi connectivity index (χ4n) is 3.25. The van der Waals surface area contributed by atoms with Gasteiger partial charge in [-0.05, 0) is 43.2 Å². The highest BCUT2D eigenvalue weighted by atomic mass is 19.1. The molecule has 3 rings (SSSR count). The summed E-state index contributed by atoms with van der Waals surface area (Å²) in [5.41, 5.74) is 2.63. The standard InChI is InChI=1S/C21H23FN2O2/c1-16-4-2-5-17(14-16)15-20(25)23-10-3-11-24(13-12-23)21(26)18-6-8-19(22)9-7-18/h2,4-9,14H,3,10-13,15H2,1H3. The number of nitrogens with zero attached hydrogens (tertiary/aromatic N) is 2. The molecule has 2 aromatic rings. The van der Waals surface area contributed by atoms with Crippen LogP contribution in [0.2, 0.25) is 0 Å². The van der Waals surface area contributed by atoms with E-state index in [1.807, 2.05) is 36.1 Å². The minimum Gasteiger partial charge on any atom is -0.341 e. The number of aryl methyl sites for hydroxylation is 1. The molecule has 26 heavy (non-hydrogen) atoms. The summed E-state index contributed by atoms with van der Waals surface area (Å²) in [6, 6.07) is 13.6. The number of halogens is 1. The van der Waals surface area contributed by atoms with E-state index in [0.29, 0.717) is 38.2 Å². The number of hydrogen-bond donors (Lipinski definition) is 0. The molecule has 0 unspecified atom stereocenters. The zero-order valence-corrected chi connectivity index (χ0v) is 15.0. The van der Waals surface area contributed by atoms with Gasteiger partial charge in [-0.3, -0.25) is 9.59 Å². The largest absolute Gasteiger partial charge is 0.341 e. The predicted molar refractivity (Wildman–Crippen MR) is 98.4 cm³/mol.